The topological polar surface area (TPSA) is 56.4 Å². The highest BCUT2D eigenvalue weighted by molar-refractivity contribution is 5.85. The number of carbonyl (C=O) groups excluding carboxylic acids is 1. The van der Waals surface area contributed by atoms with Crippen LogP contribution in [0.1, 0.15) is 37.3 Å². The second-order valence-corrected chi connectivity index (χ2v) is 7.29. The number of nitrogens with zero attached hydrogens (tertiary/aromatic N) is 1. The summed E-state index contributed by atoms with van der Waals surface area (Å²) >= 11 is 0. The van der Waals surface area contributed by atoms with E-state index in [1.165, 1.54) is 12.0 Å². The van der Waals surface area contributed by atoms with Crippen molar-refractivity contribution in [1.29, 1.82) is 0 Å². The lowest BCUT2D eigenvalue weighted by atomic mass is 9.77. The van der Waals surface area contributed by atoms with Crippen molar-refractivity contribution < 1.29 is 4.79 Å². The zero-order chi connectivity index (χ0) is 15.7. The predicted octanol–water partition coefficient (Wildman–Crippen LogP) is 1.62. The van der Waals surface area contributed by atoms with E-state index in [0.717, 1.165) is 45.4 Å². The molecule has 0 radical (unpaired) electrons. The van der Waals surface area contributed by atoms with Crippen LogP contribution in [0.2, 0.25) is 0 Å². The molecule has 3 aliphatic heterocycles. The van der Waals surface area contributed by atoms with Gasteiger partial charge in [-0.3, -0.25) is 4.79 Å². The number of carbonyl (C=O) groups is 1. The van der Waals surface area contributed by atoms with Crippen molar-refractivity contribution in [3.8, 4) is 0 Å². The third-order valence-electron chi connectivity index (χ3n) is 5.87. The second-order valence-electron chi connectivity index (χ2n) is 7.29. The molecule has 4 rings (SSSR count). The van der Waals surface area contributed by atoms with E-state index in [1.807, 2.05) is 18.2 Å². The van der Waals surface area contributed by atoms with Crippen molar-refractivity contribution in [3.05, 3.63) is 35.9 Å². The quantitative estimate of drug-likeness (QED) is 0.758. The normalized spacial score (nSPS) is 28.8. The highest BCUT2D eigenvalue weighted by Crippen LogP contribution is 2.37. The molecule has 1 spiro atoms. The average Bonchev–Trinajstić information content (AvgIpc) is 3.26. The fraction of sp³-hybridized carbons (Fsp3) is 0.611. The number of halogens is 1. The third kappa shape index (κ3) is 3.45. The number of hydrazine groups is 1. The first-order chi connectivity index (χ1) is 11.3. The molecule has 0 aromatic heterocycles. The zero-order valence-corrected chi connectivity index (χ0v) is 14.8. The lowest BCUT2D eigenvalue weighted by Gasteiger charge is -2.39. The van der Waals surface area contributed by atoms with Gasteiger partial charge in [-0.15, -0.1) is 12.4 Å². The van der Waals surface area contributed by atoms with Crippen LogP contribution in [0.5, 0.6) is 0 Å². The van der Waals surface area contributed by atoms with Crippen molar-refractivity contribution in [2.24, 2.45) is 5.41 Å². The maximum absolute atomic E-state index is 12.8. The molecule has 5 nitrogen and oxygen atoms in total. The van der Waals surface area contributed by atoms with Gasteiger partial charge in [-0.2, -0.15) is 0 Å². The summed E-state index contributed by atoms with van der Waals surface area (Å²) in [7, 11) is 0. The number of piperidine rings is 1. The predicted molar refractivity (Wildman–Crippen MR) is 96.8 cm³/mol. The Morgan fingerprint density at radius 1 is 1.08 bits per heavy atom. The number of hydrogen-bond acceptors (Lipinski definition) is 4. The minimum atomic E-state index is -0.101. The number of amides is 1. The second kappa shape index (κ2) is 7.40. The van der Waals surface area contributed by atoms with Crippen molar-refractivity contribution in [2.75, 3.05) is 26.2 Å². The summed E-state index contributed by atoms with van der Waals surface area (Å²) in [5.74, 6) is 0.261. The number of benzene rings is 1. The Morgan fingerprint density at radius 2 is 1.83 bits per heavy atom. The molecular formula is C18H27ClN4O. The molecule has 0 saturated carbocycles. The minimum absolute atomic E-state index is 0. The van der Waals surface area contributed by atoms with Gasteiger partial charge in [-0.05, 0) is 43.2 Å². The highest BCUT2D eigenvalue weighted by atomic mass is 35.5. The molecule has 1 aromatic carbocycles. The van der Waals surface area contributed by atoms with Crippen LogP contribution in [0, 0.1) is 5.41 Å². The highest BCUT2D eigenvalue weighted by Gasteiger charge is 2.40. The Bertz CT molecular complexity index is 551. The molecule has 24 heavy (non-hydrogen) atoms. The van der Waals surface area contributed by atoms with Gasteiger partial charge in [0.1, 0.15) is 6.04 Å². The van der Waals surface area contributed by atoms with Gasteiger partial charge in [0.05, 0.1) is 0 Å². The molecule has 2 atom stereocenters. The van der Waals surface area contributed by atoms with E-state index in [2.05, 4.69) is 33.2 Å². The Morgan fingerprint density at radius 3 is 2.50 bits per heavy atom. The van der Waals surface area contributed by atoms with Gasteiger partial charge < -0.3 is 10.2 Å². The van der Waals surface area contributed by atoms with Gasteiger partial charge in [0, 0.05) is 25.7 Å². The molecule has 3 fully saturated rings. The fourth-order valence-corrected chi connectivity index (χ4v) is 4.27. The summed E-state index contributed by atoms with van der Waals surface area (Å²) in [6, 6.07) is 10.5. The molecule has 1 aromatic rings. The standard InChI is InChI=1S/C18H26N4O.ClH/c23-17(22-10-7-18(8-11-22)6-9-19-13-18)16-12-15(20-21-16)14-4-2-1-3-5-14;/h1-5,15-16,19-21H,6-13H2;1H. The molecule has 0 aliphatic carbocycles. The molecule has 6 heteroatoms. The number of hydrogen-bond donors (Lipinski definition) is 3. The maximum Gasteiger partial charge on any atom is 0.241 e. The molecule has 3 saturated heterocycles. The van der Waals surface area contributed by atoms with Crippen LogP contribution < -0.4 is 16.2 Å². The first kappa shape index (κ1) is 17.7. The molecule has 1 amide bonds. The third-order valence-corrected chi connectivity index (χ3v) is 5.87. The lowest BCUT2D eigenvalue weighted by Crippen LogP contribution is -2.50. The number of rotatable bonds is 2. The molecule has 3 aliphatic rings. The molecule has 0 bridgehead atoms. The van der Waals surface area contributed by atoms with Crippen molar-refractivity contribution in [2.45, 2.75) is 37.8 Å². The van der Waals surface area contributed by atoms with Gasteiger partial charge in [0.2, 0.25) is 5.91 Å². The van der Waals surface area contributed by atoms with Gasteiger partial charge in [-0.1, -0.05) is 30.3 Å². The largest absolute Gasteiger partial charge is 0.341 e. The average molecular weight is 351 g/mol. The van der Waals surface area contributed by atoms with Crippen molar-refractivity contribution >= 4 is 18.3 Å². The van der Waals surface area contributed by atoms with E-state index in [1.54, 1.807) is 0 Å². The summed E-state index contributed by atoms with van der Waals surface area (Å²) in [6.45, 7) is 4.10. The Labute approximate surface area is 149 Å². The zero-order valence-electron chi connectivity index (χ0n) is 14.0. The van der Waals surface area contributed by atoms with Crippen LogP contribution in [0.15, 0.2) is 30.3 Å². The van der Waals surface area contributed by atoms with E-state index in [9.17, 15) is 4.79 Å². The van der Waals surface area contributed by atoms with E-state index < -0.39 is 0 Å². The van der Waals surface area contributed by atoms with E-state index in [0.29, 0.717) is 5.41 Å². The maximum atomic E-state index is 12.8. The van der Waals surface area contributed by atoms with Crippen LogP contribution in [-0.4, -0.2) is 43.0 Å². The Hall–Kier alpha value is -1.14. The van der Waals surface area contributed by atoms with Crippen LogP contribution in [0.3, 0.4) is 0 Å². The first-order valence-corrected chi connectivity index (χ1v) is 8.81. The van der Waals surface area contributed by atoms with Gasteiger partial charge in [-0.25, -0.2) is 10.9 Å². The smallest absolute Gasteiger partial charge is 0.241 e. The lowest BCUT2D eigenvalue weighted by molar-refractivity contribution is -0.135. The summed E-state index contributed by atoms with van der Waals surface area (Å²) in [5.41, 5.74) is 8.20. The minimum Gasteiger partial charge on any atom is -0.341 e. The van der Waals surface area contributed by atoms with Crippen LogP contribution in [0.25, 0.3) is 0 Å². The van der Waals surface area contributed by atoms with E-state index in [-0.39, 0.29) is 30.4 Å². The molecule has 3 N–H and O–H groups in total. The monoisotopic (exact) mass is 350 g/mol. The first-order valence-electron chi connectivity index (χ1n) is 8.81. The van der Waals surface area contributed by atoms with Gasteiger partial charge in [0.25, 0.3) is 0 Å². The Kier molecular flexibility index (Phi) is 5.45. The summed E-state index contributed by atoms with van der Waals surface area (Å²) in [4.78, 5) is 14.9. The molecule has 2 unspecified atom stereocenters. The summed E-state index contributed by atoms with van der Waals surface area (Å²) in [6.07, 6.45) is 4.39. The fourth-order valence-electron chi connectivity index (χ4n) is 4.27. The van der Waals surface area contributed by atoms with Crippen molar-refractivity contribution in [3.63, 3.8) is 0 Å². The number of nitrogens with one attached hydrogen (secondary N) is 3. The summed E-state index contributed by atoms with van der Waals surface area (Å²) in [5, 5.41) is 3.48. The van der Waals surface area contributed by atoms with E-state index in [4.69, 9.17) is 0 Å². The Balaban J connectivity index is 0.00000169. The van der Waals surface area contributed by atoms with Gasteiger partial charge in [0.15, 0.2) is 0 Å². The van der Waals surface area contributed by atoms with Gasteiger partial charge >= 0.3 is 0 Å². The van der Waals surface area contributed by atoms with Crippen LogP contribution in [0.4, 0.5) is 0 Å². The van der Waals surface area contributed by atoms with Crippen LogP contribution >= 0.6 is 12.4 Å². The molecule has 3 heterocycles. The molecular weight excluding hydrogens is 324 g/mol. The molecule has 132 valence electrons. The number of likely N-dealkylation sites (tertiary alicyclic amines) is 1. The van der Waals surface area contributed by atoms with Crippen molar-refractivity contribution in [1.82, 2.24) is 21.1 Å². The SMILES string of the molecule is Cl.O=C(C1CC(c2ccccc2)NN1)N1CCC2(CCNC2)CC1. The van der Waals surface area contributed by atoms with Crippen LogP contribution in [-0.2, 0) is 4.79 Å². The summed E-state index contributed by atoms with van der Waals surface area (Å²) < 4.78 is 0. The van der Waals surface area contributed by atoms with E-state index >= 15 is 0 Å².